The van der Waals surface area contributed by atoms with Crippen molar-refractivity contribution in [3.8, 4) is 6.07 Å². The van der Waals surface area contributed by atoms with Crippen LogP contribution < -0.4 is 11.1 Å². The quantitative estimate of drug-likeness (QED) is 0.699. The summed E-state index contributed by atoms with van der Waals surface area (Å²) in [4.78, 5) is 16.7. The number of hydrogen-bond donors (Lipinski definition) is 2. The van der Waals surface area contributed by atoms with Gasteiger partial charge in [-0.3, -0.25) is 4.79 Å². The molecular formula is C19H16N4OS. The molecule has 3 heterocycles. The zero-order valence-electron chi connectivity index (χ0n) is 13.9. The van der Waals surface area contributed by atoms with Gasteiger partial charge in [0.05, 0.1) is 15.8 Å². The molecule has 4 rings (SSSR count). The number of nitrogens with one attached hydrogen (secondary N) is 1. The standard InChI is InChI=1S/C19H16N4OS/c1-9-3-5-11(6-4-9)12-7-14(24)22-19-15(12)16-17(25-19)10(2)13(8-20)18(21)23-16/h3-6,12H,7H2,1-2H3,(H2,21,23)(H,22,24). The molecule has 6 heteroatoms. The van der Waals surface area contributed by atoms with Crippen LogP contribution in [0.25, 0.3) is 10.2 Å². The average Bonchev–Trinajstić information content (AvgIpc) is 2.93. The maximum absolute atomic E-state index is 12.2. The minimum Gasteiger partial charge on any atom is -0.383 e. The van der Waals surface area contributed by atoms with E-state index in [1.165, 1.54) is 16.9 Å². The molecule has 124 valence electrons. The Morgan fingerprint density at radius 1 is 1.32 bits per heavy atom. The molecule has 1 aliphatic rings. The third-order valence-electron chi connectivity index (χ3n) is 4.71. The fraction of sp³-hybridized carbons (Fsp3) is 0.211. The van der Waals surface area contributed by atoms with Crippen molar-refractivity contribution in [1.82, 2.24) is 4.98 Å². The lowest BCUT2D eigenvalue weighted by Crippen LogP contribution is -2.22. The molecule has 3 N–H and O–H groups in total. The van der Waals surface area contributed by atoms with Crippen LogP contribution in [0.4, 0.5) is 10.8 Å². The van der Waals surface area contributed by atoms with E-state index in [9.17, 15) is 10.1 Å². The minimum absolute atomic E-state index is 0.00392. The second kappa shape index (κ2) is 5.57. The van der Waals surface area contributed by atoms with Crippen molar-refractivity contribution in [2.75, 3.05) is 11.1 Å². The number of pyridine rings is 1. The number of nitrogens with two attached hydrogens (primary N) is 1. The minimum atomic E-state index is -0.0580. The van der Waals surface area contributed by atoms with Gasteiger partial charge in [0.15, 0.2) is 0 Å². The molecule has 0 spiro atoms. The number of anilines is 2. The monoisotopic (exact) mass is 348 g/mol. The Kier molecular flexibility index (Phi) is 3.48. The Morgan fingerprint density at radius 2 is 2.04 bits per heavy atom. The second-order valence-corrected chi connectivity index (χ2v) is 7.37. The normalized spacial score (nSPS) is 16.4. The van der Waals surface area contributed by atoms with E-state index in [0.717, 1.165) is 31.9 Å². The van der Waals surface area contributed by atoms with Gasteiger partial charge in [0.25, 0.3) is 0 Å². The lowest BCUT2D eigenvalue weighted by molar-refractivity contribution is -0.116. The summed E-state index contributed by atoms with van der Waals surface area (Å²) in [5, 5.41) is 13.1. The van der Waals surface area contributed by atoms with Crippen LogP contribution in [-0.4, -0.2) is 10.9 Å². The number of nitrogens with zero attached hydrogens (tertiary/aromatic N) is 2. The summed E-state index contributed by atoms with van der Waals surface area (Å²) in [6.07, 6.45) is 0.378. The molecule has 1 aliphatic heterocycles. The number of carbonyl (C=O) groups is 1. The lowest BCUT2D eigenvalue weighted by atomic mass is 9.86. The summed E-state index contributed by atoms with van der Waals surface area (Å²) in [6.45, 7) is 3.92. The predicted octanol–water partition coefficient (Wildman–Crippen LogP) is 3.84. The molecule has 2 aromatic heterocycles. The number of amides is 1. The van der Waals surface area contributed by atoms with Crippen molar-refractivity contribution in [3.63, 3.8) is 0 Å². The van der Waals surface area contributed by atoms with Crippen LogP contribution in [0.15, 0.2) is 24.3 Å². The van der Waals surface area contributed by atoms with E-state index >= 15 is 0 Å². The Bertz CT molecular complexity index is 1060. The molecule has 0 fully saturated rings. The van der Waals surface area contributed by atoms with Crippen molar-refractivity contribution >= 4 is 38.3 Å². The number of aryl methyl sites for hydroxylation is 2. The molecule has 0 bridgehead atoms. The summed E-state index contributed by atoms with van der Waals surface area (Å²) < 4.78 is 0.912. The molecule has 1 aromatic carbocycles. The van der Waals surface area contributed by atoms with E-state index in [-0.39, 0.29) is 17.6 Å². The molecule has 1 atom stereocenters. The van der Waals surface area contributed by atoms with Gasteiger partial charge in [-0.15, -0.1) is 11.3 Å². The fourth-order valence-corrected chi connectivity index (χ4v) is 4.61. The van der Waals surface area contributed by atoms with Gasteiger partial charge in [-0.05, 0) is 25.0 Å². The largest absolute Gasteiger partial charge is 0.383 e. The number of nitriles is 1. The van der Waals surface area contributed by atoms with Gasteiger partial charge >= 0.3 is 0 Å². The van der Waals surface area contributed by atoms with Crippen LogP contribution in [0.5, 0.6) is 0 Å². The predicted molar refractivity (Wildman–Crippen MR) is 99.8 cm³/mol. The molecule has 5 nitrogen and oxygen atoms in total. The maximum Gasteiger partial charge on any atom is 0.225 e. The van der Waals surface area contributed by atoms with Gasteiger partial charge in [-0.25, -0.2) is 4.98 Å². The van der Waals surface area contributed by atoms with Crippen molar-refractivity contribution in [3.05, 3.63) is 52.1 Å². The van der Waals surface area contributed by atoms with Gasteiger partial charge in [-0.1, -0.05) is 29.8 Å². The number of aromatic nitrogens is 1. The van der Waals surface area contributed by atoms with Crippen LogP contribution >= 0.6 is 11.3 Å². The molecular weight excluding hydrogens is 332 g/mol. The van der Waals surface area contributed by atoms with E-state index < -0.39 is 0 Å². The summed E-state index contributed by atoms with van der Waals surface area (Å²) in [6, 6.07) is 10.4. The maximum atomic E-state index is 12.2. The molecule has 0 radical (unpaired) electrons. The van der Waals surface area contributed by atoms with Gasteiger partial charge < -0.3 is 11.1 Å². The van der Waals surface area contributed by atoms with Crippen LogP contribution in [0, 0.1) is 25.2 Å². The van der Waals surface area contributed by atoms with Crippen molar-refractivity contribution in [2.24, 2.45) is 0 Å². The van der Waals surface area contributed by atoms with Crippen LogP contribution in [0.1, 0.15) is 40.2 Å². The highest BCUT2D eigenvalue weighted by molar-refractivity contribution is 7.23. The zero-order chi connectivity index (χ0) is 17.7. The van der Waals surface area contributed by atoms with Crippen molar-refractivity contribution in [1.29, 1.82) is 5.26 Å². The number of nitrogen functional groups attached to an aromatic ring is 1. The van der Waals surface area contributed by atoms with E-state index in [4.69, 9.17) is 5.73 Å². The smallest absolute Gasteiger partial charge is 0.225 e. The number of carbonyl (C=O) groups excluding carboxylic acids is 1. The third kappa shape index (κ3) is 2.36. The zero-order valence-corrected chi connectivity index (χ0v) is 14.7. The van der Waals surface area contributed by atoms with Gasteiger partial charge in [-0.2, -0.15) is 5.26 Å². The molecule has 1 unspecified atom stereocenters. The Morgan fingerprint density at radius 3 is 2.72 bits per heavy atom. The molecule has 3 aromatic rings. The molecule has 1 amide bonds. The first-order valence-corrected chi connectivity index (χ1v) is 8.80. The van der Waals surface area contributed by atoms with E-state index in [2.05, 4.69) is 40.6 Å². The van der Waals surface area contributed by atoms with Crippen molar-refractivity contribution in [2.45, 2.75) is 26.2 Å². The highest BCUT2D eigenvalue weighted by atomic mass is 32.1. The molecule has 0 saturated heterocycles. The first-order chi connectivity index (χ1) is 12.0. The summed E-state index contributed by atoms with van der Waals surface area (Å²) in [7, 11) is 0. The van der Waals surface area contributed by atoms with Crippen LogP contribution in [-0.2, 0) is 4.79 Å². The Labute approximate surface area is 149 Å². The van der Waals surface area contributed by atoms with Gasteiger partial charge in [0.1, 0.15) is 16.9 Å². The van der Waals surface area contributed by atoms with Gasteiger partial charge in [0.2, 0.25) is 5.91 Å². The molecule has 25 heavy (non-hydrogen) atoms. The SMILES string of the molecule is Cc1ccc(C2CC(=O)Nc3sc4c(C)c(C#N)c(N)nc4c32)cc1. The van der Waals surface area contributed by atoms with Gasteiger partial charge in [0, 0.05) is 17.9 Å². The van der Waals surface area contributed by atoms with E-state index in [1.54, 1.807) is 0 Å². The topological polar surface area (TPSA) is 91.8 Å². The lowest BCUT2D eigenvalue weighted by Gasteiger charge is -2.23. The van der Waals surface area contributed by atoms with E-state index in [0.29, 0.717) is 12.0 Å². The Hall–Kier alpha value is -2.91. The number of fused-ring (bicyclic) bond motifs is 3. The molecule has 0 saturated carbocycles. The summed E-state index contributed by atoms with van der Waals surface area (Å²) in [5.41, 5.74) is 11.3. The van der Waals surface area contributed by atoms with Crippen LogP contribution in [0.3, 0.4) is 0 Å². The highest BCUT2D eigenvalue weighted by Gasteiger charge is 2.32. The van der Waals surface area contributed by atoms with E-state index in [1.807, 2.05) is 13.8 Å². The highest BCUT2D eigenvalue weighted by Crippen LogP contribution is 2.47. The fourth-order valence-electron chi connectivity index (χ4n) is 3.39. The summed E-state index contributed by atoms with van der Waals surface area (Å²) >= 11 is 1.47. The van der Waals surface area contributed by atoms with Crippen molar-refractivity contribution < 1.29 is 4.79 Å². The second-order valence-electron chi connectivity index (χ2n) is 6.35. The average molecular weight is 348 g/mol. The first kappa shape index (κ1) is 15.6. The third-order valence-corrected chi connectivity index (χ3v) is 5.94. The summed E-state index contributed by atoms with van der Waals surface area (Å²) in [5.74, 6) is 0.181. The van der Waals surface area contributed by atoms with Crippen LogP contribution in [0.2, 0.25) is 0 Å². The molecule has 0 aliphatic carbocycles. The number of benzene rings is 1. The number of hydrogen-bond acceptors (Lipinski definition) is 5. The number of thiophene rings is 1. The Balaban J connectivity index is 2.00. The first-order valence-electron chi connectivity index (χ1n) is 7.98. The number of rotatable bonds is 1.